The van der Waals surface area contributed by atoms with E-state index in [4.69, 9.17) is 4.55 Å². The third kappa shape index (κ3) is 3.43. The topological polar surface area (TPSA) is 92.7 Å². The normalized spacial score (nSPS) is 11.3. The van der Waals surface area contributed by atoms with Crippen molar-refractivity contribution in [3.63, 3.8) is 0 Å². The summed E-state index contributed by atoms with van der Waals surface area (Å²) in [7, 11) is -4.66. The van der Waals surface area contributed by atoms with Crippen LogP contribution in [-0.4, -0.2) is 18.9 Å². The van der Waals surface area contributed by atoms with Gasteiger partial charge in [0.2, 0.25) is 5.91 Å². The summed E-state index contributed by atoms with van der Waals surface area (Å²) in [6.45, 7) is 1.28. The predicted molar refractivity (Wildman–Crippen MR) is 70.4 cm³/mol. The van der Waals surface area contributed by atoms with Gasteiger partial charge in [-0.1, -0.05) is 24.3 Å². The smallest absolute Gasteiger partial charge is 0.360 e. The maximum Gasteiger partial charge on any atom is 0.446 e. The van der Waals surface area contributed by atoms with Crippen LogP contribution >= 0.6 is 0 Å². The zero-order valence-electron chi connectivity index (χ0n) is 9.95. The molecule has 0 aliphatic rings. The van der Waals surface area contributed by atoms with E-state index in [1.54, 1.807) is 24.3 Å². The van der Waals surface area contributed by atoms with Crippen LogP contribution < -0.4 is 9.50 Å². The number of hydrogen-bond donors (Lipinski definition) is 2. The highest BCUT2D eigenvalue weighted by Crippen LogP contribution is 2.31. The van der Waals surface area contributed by atoms with Crippen molar-refractivity contribution in [1.29, 1.82) is 0 Å². The Morgan fingerprint density at radius 1 is 1.21 bits per heavy atom. The van der Waals surface area contributed by atoms with Gasteiger partial charge in [0.1, 0.15) is 0 Å². The summed E-state index contributed by atoms with van der Waals surface area (Å²) < 4.78 is 34.8. The van der Waals surface area contributed by atoms with Crippen LogP contribution in [0.1, 0.15) is 6.92 Å². The van der Waals surface area contributed by atoms with Crippen LogP contribution in [0.2, 0.25) is 0 Å². The molecule has 0 fully saturated rings. The molecular formula is C12H11NO5S. The Morgan fingerprint density at radius 2 is 1.79 bits per heavy atom. The van der Waals surface area contributed by atoms with Crippen LogP contribution in [0.15, 0.2) is 36.4 Å². The number of hydrogen-bond acceptors (Lipinski definition) is 4. The predicted octanol–water partition coefficient (Wildman–Crippen LogP) is 1.98. The van der Waals surface area contributed by atoms with Crippen LogP contribution in [0.5, 0.6) is 5.75 Å². The lowest BCUT2D eigenvalue weighted by atomic mass is 10.1. The number of amides is 1. The molecule has 7 heteroatoms. The van der Waals surface area contributed by atoms with E-state index in [-0.39, 0.29) is 17.3 Å². The van der Waals surface area contributed by atoms with Crippen LogP contribution in [0.4, 0.5) is 5.69 Å². The van der Waals surface area contributed by atoms with E-state index in [0.717, 1.165) is 10.8 Å². The second kappa shape index (κ2) is 4.87. The molecule has 0 atom stereocenters. The Morgan fingerprint density at radius 3 is 2.32 bits per heavy atom. The van der Waals surface area contributed by atoms with E-state index < -0.39 is 10.4 Å². The molecule has 19 heavy (non-hydrogen) atoms. The lowest BCUT2D eigenvalue weighted by Crippen LogP contribution is -2.11. The average Bonchev–Trinajstić information content (AvgIpc) is 2.27. The number of anilines is 1. The molecule has 0 bridgehead atoms. The van der Waals surface area contributed by atoms with E-state index in [9.17, 15) is 13.2 Å². The minimum Gasteiger partial charge on any atom is -0.360 e. The molecule has 0 aliphatic carbocycles. The van der Waals surface area contributed by atoms with Gasteiger partial charge in [-0.25, -0.2) is 0 Å². The summed E-state index contributed by atoms with van der Waals surface area (Å²) in [5, 5.41) is 3.97. The molecule has 0 unspecified atom stereocenters. The summed E-state index contributed by atoms with van der Waals surface area (Å²) in [4.78, 5) is 11.1. The van der Waals surface area contributed by atoms with Crippen LogP contribution in [-0.2, 0) is 15.2 Å². The number of fused-ring (bicyclic) bond motifs is 1. The van der Waals surface area contributed by atoms with Crippen LogP contribution in [0.25, 0.3) is 10.8 Å². The first-order valence-corrected chi connectivity index (χ1v) is 6.69. The minimum atomic E-state index is -4.66. The Bertz CT molecular complexity index is 739. The van der Waals surface area contributed by atoms with Crippen LogP contribution in [0.3, 0.4) is 0 Å². The molecule has 2 N–H and O–H groups in total. The highest BCUT2D eigenvalue weighted by atomic mass is 32.3. The minimum absolute atomic E-state index is 0.142. The van der Waals surface area contributed by atoms with E-state index in [1.165, 1.54) is 13.0 Å². The fourth-order valence-electron chi connectivity index (χ4n) is 1.69. The molecule has 0 aromatic heterocycles. The van der Waals surface area contributed by atoms with Crippen molar-refractivity contribution >= 4 is 32.8 Å². The average molecular weight is 281 g/mol. The van der Waals surface area contributed by atoms with E-state index in [0.29, 0.717) is 0 Å². The molecule has 0 radical (unpaired) electrons. The number of carbonyl (C=O) groups excluding carboxylic acids is 1. The highest BCUT2D eigenvalue weighted by molar-refractivity contribution is 7.81. The van der Waals surface area contributed by atoms with Gasteiger partial charge in [-0.3, -0.25) is 9.35 Å². The van der Waals surface area contributed by atoms with Crippen molar-refractivity contribution in [2.75, 3.05) is 5.32 Å². The molecule has 2 aromatic rings. The third-order valence-corrected chi connectivity index (χ3v) is 2.74. The van der Waals surface area contributed by atoms with E-state index in [1.807, 2.05) is 6.07 Å². The lowest BCUT2D eigenvalue weighted by molar-refractivity contribution is -0.114. The first kappa shape index (κ1) is 13.3. The summed E-state index contributed by atoms with van der Waals surface area (Å²) in [6, 6.07) is 10.1. The molecule has 6 nitrogen and oxygen atoms in total. The molecule has 0 heterocycles. The molecule has 1 amide bonds. The maximum absolute atomic E-state index is 11.1. The zero-order chi connectivity index (χ0) is 14.0. The molecule has 2 rings (SSSR count). The standard InChI is InChI=1S/C12H11NO5S/c1-8(14)13-11-6-9-4-2-3-5-10(9)7-12(11)18-19(15,16)17/h2-7H,1H3,(H,13,14)(H,15,16,17). The van der Waals surface area contributed by atoms with Gasteiger partial charge in [0, 0.05) is 6.92 Å². The lowest BCUT2D eigenvalue weighted by Gasteiger charge is -2.10. The van der Waals surface area contributed by atoms with Crippen molar-refractivity contribution in [2.24, 2.45) is 0 Å². The van der Waals surface area contributed by atoms with Gasteiger partial charge in [0.05, 0.1) is 5.69 Å². The van der Waals surface area contributed by atoms with Gasteiger partial charge in [-0.2, -0.15) is 8.42 Å². The Hall–Kier alpha value is -2.12. The number of rotatable bonds is 3. The zero-order valence-corrected chi connectivity index (χ0v) is 10.8. The van der Waals surface area contributed by atoms with Crippen LogP contribution in [0, 0.1) is 0 Å². The monoisotopic (exact) mass is 281 g/mol. The number of nitrogens with one attached hydrogen (secondary N) is 1. The van der Waals surface area contributed by atoms with Crippen molar-refractivity contribution in [3.05, 3.63) is 36.4 Å². The first-order valence-electron chi connectivity index (χ1n) is 5.32. The van der Waals surface area contributed by atoms with Gasteiger partial charge in [0.25, 0.3) is 0 Å². The fourth-order valence-corrected chi connectivity index (χ4v) is 2.05. The highest BCUT2D eigenvalue weighted by Gasteiger charge is 2.14. The number of benzene rings is 2. The van der Waals surface area contributed by atoms with Gasteiger partial charge >= 0.3 is 10.4 Å². The first-order chi connectivity index (χ1) is 8.85. The Kier molecular flexibility index (Phi) is 3.41. The Labute approximate surface area is 110 Å². The largest absolute Gasteiger partial charge is 0.446 e. The van der Waals surface area contributed by atoms with Crippen molar-refractivity contribution < 1.29 is 21.9 Å². The molecule has 100 valence electrons. The SMILES string of the molecule is CC(=O)Nc1cc2ccccc2cc1OS(=O)(=O)O. The number of carbonyl (C=O) groups is 1. The second-order valence-electron chi connectivity index (χ2n) is 3.89. The van der Waals surface area contributed by atoms with Gasteiger partial charge < -0.3 is 9.50 Å². The molecular weight excluding hydrogens is 270 g/mol. The third-order valence-electron chi connectivity index (χ3n) is 2.35. The van der Waals surface area contributed by atoms with Crippen molar-refractivity contribution in [1.82, 2.24) is 0 Å². The summed E-state index contributed by atoms with van der Waals surface area (Å²) in [5.74, 6) is -0.521. The summed E-state index contributed by atoms with van der Waals surface area (Å²) >= 11 is 0. The van der Waals surface area contributed by atoms with Gasteiger partial charge in [-0.15, -0.1) is 0 Å². The maximum atomic E-state index is 11.1. The van der Waals surface area contributed by atoms with Crippen molar-refractivity contribution in [3.8, 4) is 5.75 Å². The molecule has 0 aliphatic heterocycles. The van der Waals surface area contributed by atoms with Crippen molar-refractivity contribution in [2.45, 2.75) is 6.92 Å². The van der Waals surface area contributed by atoms with E-state index >= 15 is 0 Å². The summed E-state index contributed by atoms with van der Waals surface area (Å²) in [6.07, 6.45) is 0. The second-order valence-corrected chi connectivity index (χ2v) is 4.91. The molecule has 0 saturated carbocycles. The quantitative estimate of drug-likeness (QED) is 0.839. The molecule has 0 saturated heterocycles. The fraction of sp³-hybridized carbons (Fsp3) is 0.0833. The molecule has 0 spiro atoms. The Balaban J connectivity index is 2.60. The van der Waals surface area contributed by atoms with E-state index in [2.05, 4.69) is 9.50 Å². The summed E-state index contributed by atoms with van der Waals surface area (Å²) in [5.41, 5.74) is 0.170. The van der Waals surface area contributed by atoms with Gasteiger partial charge in [0.15, 0.2) is 5.75 Å². The molecule has 2 aromatic carbocycles. The van der Waals surface area contributed by atoms with Gasteiger partial charge in [-0.05, 0) is 22.9 Å².